The van der Waals surface area contributed by atoms with Gasteiger partial charge in [0.15, 0.2) is 0 Å². The molecule has 1 N–H and O–H groups in total. The van der Waals surface area contributed by atoms with Crippen molar-refractivity contribution in [3.63, 3.8) is 0 Å². The molecule has 0 radical (unpaired) electrons. The molecule has 1 aromatic heterocycles. The van der Waals surface area contributed by atoms with Crippen molar-refractivity contribution >= 4 is 16.8 Å². The van der Waals surface area contributed by atoms with Crippen LogP contribution >= 0.6 is 0 Å². The molecule has 1 aliphatic rings. The Morgan fingerprint density at radius 1 is 1.37 bits per heavy atom. The fraction of sp³-hybridized carbons (Fsp3) is 0.400. The second-order valence-electron chi connectivity index (χ2n) is 5.58. The summed E-state index contributed by atoms with van der Waals surface area (Å²) < 4.78 is 5.65. The molecule has 0 bridgehead atoms. The SMILES string of the molecule is CC1(C)CN(C(=O)c2cccc3[nH]ccc23)CCO1. The van der Waals surface area contributed by atoms with Gasteiger partial charge in [-0.3, -0.25) is 4.79 Å². The highest BCUT2D eigenvalue weighted by molar-refractivity contribution is 6.06. The molecule has 0 spiro atoms. The Morgan fingerprint density at radius 3 is 3.00 bits per heavy atom. The summed E-state index contributed by atoms with van der Waals surface area (Å²) in [7, 11) is 0. The number of carbonyl (C=O) groups excluding carboxylic acids is 1. The number of amides is 1. The number of nitrogens with zero attached hydrogens (tertiary/aromatic N) is 1. The van der Waals surface area contributed by atoms with E-state index in [-0.39, 0.29) is 11.5 Å². The van der Waals surface area contributed by atoms with Crippen molar-refractivity contribution in [2.24, 2.45) is 0 Å². The number of aromatic nitrogens is 1. The maximum atomic E-state index is 12.7. The van der Waals surface area contributed by atoms with E-state index < -0.39 is 0 Å². The molecule has 1 aliphatic heterocycles. The van der Waals surface area contributed by atoms with Crippen LogP contribution in [0.15, 0.2) is 30.5 Å². The predicted molar refractivity (Wildman–Crippen MR) is 74.2 cm³/mol. The number of hydrogen-bond acceptors (Lipinski definition) is 2. The smallest absolute Gasteiger partial charge is 0.254 e. The van der Waals surface area contributed by atoms with Gasteiger partial charge in [0.2, 0.25) is 0 Å². The largest absolute Gasteiger partial charge is 0.372 e. The molecule has 4 heteroatoms. The van der Waals surface area contributed by atoms with Crippen molar-refractivity contribution in [2.45, 2.75) is 19.4 Å². The van der Waals surface area contributed by atoms with Crippen LogP contribution in [0.1, 0.15) is 24.2 Å². The molecule has 1 aromatic carbocycles. The third kappa shape index (κ3) is 2.24. The highest BCUT2D eigenvalue weighted by Gasteiger charge is 2.30. The van der Waals surface area contributed by atoms with Gasteiger partial charge in [-0.15, -0.1) is 0 Å². The Morgan fingerprint density at radius 2 is 2.21 bits per heavy atom. The average molecular weight is 258 g/mol. The third-order valence-corrected chi connectivity index (χ3v) is 3.54. The van der Waals surface area contributed by atoms with Gasteiger partial charge in [0, 0.05) is 35.8 Å². The molecule has 0 unspecified atom stereocenters. The van der Waals surface area contributed by atoms with E-state index in [1.807, 2.05) is 49.2 Å². The zero-order chi connectivity index (χ0) is 13.5. The van der Waals surface area contributed by atoms with Crippen LogP contribution in [-0.4, -0.2) is 41.1 Å². The van der Waals surface area contributed by atoms with Crippen molar-refractivity contribution in [3.05, 3.63) is 36.0 Å². The number of H-pyrrole nitrogens is 1. The van der Waals surface area contributed by atoms with E-state index >= 15 is 0 Å². The Labute approximate surface area is 112 Å². The molecule has 0 aliphatic carbocycles. The van der Waals surface area contributed by atoms with Gasteiger partial charge in [0.05, 0.1) is 12.2 Å². The highest BCUT2D eigenvalue weighted by Crippen LogP contribution is 2.22. The van der Waals surface area contributed by atoms with E-state index in [4.69, 9.17) is 4.74 Å². The molecule has 4 nitrogen and oxygen atoms in total. The van der Waals surface area contributed by atoms with Crippen LogP contribution in [0.5, 0.6) is 0 Å². The van der Waals surface area contributed by atoms with Gasteiger partial charge in [-0.25, -0.2) is 0 Å². The Balaban J connectivity index is 1.93. The van der Waals surface area contributed by atoms with Gasteiger partial charge < -0.3 is 14.6 Å². The van der Waals surface area contributed by atoms with E-state index in [9.17, 15) is 4.79 Å². The predicted octanol–water partition coefficient (Wildman–Crippen LogP) is 2.42. The van der Waals surface area contributed by atoms with Crippen molar-refractivity contribution in [1.82, 2.24) is 9.88 Å². The topological polar surface area (TPSA) is 45.3 Å². The lowest BCUT2D eigenvalue weighted by Crippen LogP contribution is -2.50. The summed E-state index contributed by atoms with van der Waals surface area (Å²) in [5, 5.41) is 0.983. The normalized spacial score (nSPS) is 18.7. The second kappa shape index (κ2) is 4.38. The molecule has 2 aromatic rings. The maximum absolute atomic E-state index is 12.7. The summed E-state index contributed by atoms with van der Waals surface area (Å²) in [6.45, 7) is 5.92. The molecule has 19 heavy (non-hydrogen) atoms. The number of carbonyl (C=O) groups is 1. The first kappa shape index (κ1) is 12.2. The van der Waals surface area contributed by atoms with Crippen molar-refractivity contribution in [2.75, 3.05) is 19.7 Å². The van der Waals surface area contributed by atoms with E-state index in [2.05, 4.69) is 4.98 Å². The number of hydrogen-bond donors (Lipinski definition) is 1. The molecule has 3 rings (SSSR count). The molecule has 100 valence electrons. The molecule has 2 heterocycles. The number of ether oxygens (including phenoxy) is 1. The van der Waals surface area contributed by atoms with E-state index in [0.29, 0.717) is 19.7 Å². The lowest BCUT2D eigenvalue weighted by atomic mass is 10.0. The van der Waals surface area contributed by atoms with Crippen LogP contribution in [0, 0.1) is 0 Å². The van der Waals surface area contributed by atoms with Crippen molar-refractivity contribution in [3.8, 4) is 0 Å². The average Bonchev–Trinajstić information content (AvgIpc) is 2.84. The molecule has 0 atom stereocenters. The zero-order valence-electron chi connectivity index (χ0n) is 11.3. The van der Waals surface area contributed by atoms with Crippen LogP contribution in [0.3, 0.4) is 0 Å². The van der Waals surface area contributed by atoms with Gasteiger partial charge in [0.1, 0.15) is 0 Å². The third-order valence-electron chi connectivity index (χ3n) is 3.54. The van der Waals surface area contributed by atoms with Gasteiger partial charge in [-0.05, 0) is 32.0 Å². The van der Waals surface area contributed by atoms with Crippen LogP contribution in [0.25, 0.3) is 10.9 Å². The van der Waals surface area contributed by atoms with Crippen LogP contribution in [0.2, 0.25) is 0 Å². The minimum atomic E-state index is -0.264. The number of rotatable bonds is 1. The Hall–Kier alpha value is -1.81. The van der Waals surface area contributed by atoms with Crippen LogP contribution < -0.4 is 0 Å². The van der Waals surface area contributed by atoms with Gasteiger partial charge in [-0.2, -0.15) is 0 Å². The number of fused-ring (bicyclic) bond motifs is 1. The van der Waals surface area contributed by atoms with Crippen LogP contribution in [0.4, 0.5) is 0 Å². The summed E-state index contributed by atoms with van der Waals surface area (Å²) in [6, 6.07) is 7.74. The summed E-state index contributed by atoms with van der Waals surface area (Å²) in [5.74, 6) is 0.0848. The van der Waals surface area contributed by atoms with Gasteiger partial charge in [-0.1, -0.05) is 6.07 Å². The molecular formula is C15H18N2O2. The molecule has 1 amide bonds. The lowest BCUT2D eigenvalue weighted by molar-refractivity contribution is -0.0763. The maximum Gasteiger partial charge on any atom is 0.254 e. The lowest BCUT2D eigenvalue weighted by Gasteiger charge is -2.38. The van der Waals surface area contributed by atoms with E-state index in [1.54, 1.807) is 0 Å². The van der Waals surface area contributed by atoms with Gasteiger partial charge >= 0.3 is 0 Å². The summed E-state index contributed by atoms with van der Waals surface area (Å²) in [4.78, 5) is 17.7. The number of aromatic amines is 1. The summed E-state index contributed by atoms with van der Waals surface area (Å²) in [6.07, 6.45) is 1.87. The molecular weight excluding hydrogens is 240 g/mol. The Bertz CT molecular complexity index is 615. The zero-order valence-corrected chi connectivity index (χ0v) is 11.3. The molecule has 1 saturated heterocycles. The minimum absolute atomic E-state index is 0.0848. The standard InChI is InChI=1S/C15H18N2O2/c1-15(2)10-17(8-9-19-15)14(18)12-4-3-5-13-11(12)6-7-16-13/h3-7,16H,8-10H2,1-2H3. The highest BCUT2D eigenvalue weighted by atomic mass is 16.5. The first-order chi connectivity index (χ1) is 9.07. The summed E-state index contributed by atoms with van der Waals surface area (Å²) in [5.41, 5.74) is 1.50. The monoisotopic (exact) mass is 258 g/mol. The molecule has 1 fully saturated rings. The Kier molecular flexibility index (Phi) is 2.82. The quantitative estimate of drug-likeness (QED) is 0.853. The first-order valence-corrected chi connectivity index (χ1v) is 6.56. The van der Waals surface area contributed by atoms with Crippen molar-refractivity contribution < 1.29 is 9.53 Å². The fourth-order valence-corrected chi connectivity index (χ4v) is 2.63. The number of nitrogens with one attached hydrogen (secondary N) is 1. The molecule has 0 saturated carbocycles. The number of benzene rings is 1. The van der Waals surface area contributed by atoms with Crippen LogP contribution in [-0.2, 0) is 4.74 Å². The summed E-state index contributed by atoms with van der Waals surface area (Å²) >= 11 is 0. The van der Waals surface area contributed by atoms with E-state index in [1.165, 1.54) is 0 Å². The van der Waals surface area contributed by atoms with E-state index in [0.717, 1.165) is 16.5 Å². The second-order valence-corrected chi connectivity index (χ2v) is 5.58. The first-order valence-electron chi connectivity index (χ1n) is 6.56. The van der Waals surface area contributed by atoms with Gasteiger partial charge in [0.25, 0.3) is 5.91 Å². The van der Waals surface area contributed by atoms with Crippen molar-refractivity contribution in [1.29, 1.82) is 0 Å². The fourth-order valence-electron chi connectivity index (χ4n) is 2.63. The number of morpholine rings is 1. The minimum Gasteiger partial charge on any atom is -0.372 e.